The highest BCUT2D eigenvalue weighted by atomic mass is 79.9. The van der Waals surface area contributed by atoms with Crippen molar-refractivity contribution in [3.05, 3.63) is 28.7 Å². The molecule has 2 amide bonds. The lowest BCUT2D eigenvalue weighted by atomic mass is 10.2. The van der Waals surface area contributed by atoms with Gasteiger partial charge in [-0.15, -0.1) is 0 Å². The van der Waals surface area contributed by atoms with Crippen LogP contribution in [0.4, 0.5) is 4.79 Å². The van der Waals surface area contributed by atoms with Crippen molar-refractivity contribution in [1.82, 2.24) is 14.5 Å². The maximum atomic E-state index is 12.5. The highest BCUT2D eigenvalue weighted by molar-refractivity contribution is 9.10. The number of nitrogens with zero attached hydrogens (tertiary/aromatic N) is 2. The van der Waals surface area contributed by atoms with Crippen LogP contribution in [-0.2, 0) is 19.6 Å². The fraction of sp³-hybridized carbons (Fsp3) is 0.500. The Morgan fingerprint density at radius 3 is 2.23 bits per heavy atom. The van der Waals surface area contributed by atoms with E-state index >= 15 is 0 Å². The molecule has 1 aliphatic rings. The summed E-state index contributed by atoms with van der Waals surface area (Å²) in [5, 5.41) is 0. The van der Waals surface area contributed by atoms with E-state index < -0.39 is 22.2 Å². The highest BCUT2D eigenvalue weighted by Crippen LogP contribution is 2.15. The minimum absolute atomic E-state index is 0.0903. The summed E-state index contributed by atoms with van der Waals surface area (Å²) in [6.45, 7) is 4.93. The summed E-state index contributed by atoms with van der Waals surface area (Å²) in [7, 11) is -3.79. The van der Waals surface area contributed by atoms with Gasteiger partial charge >= 0.3 is 6.09 Å². The summed E-state index contributed by atoms with van der Waals surface area (Å²) in [5.74, 6) is -0.325. The van der Waals surface area contributed by atoms with Crippen molar-refractivity contribution < 1.29 is 22.7 Å². The summed E-state index contributed by atoms with van der Waals surface area (Å²) in [6, 6.07) is 5.26. The van der Waals surface area contributed by atoms with Crippen LogP contribution in [0.25, 0.3) is 0 Å². The van der Waals surface area contributed by atoms with Crippen molar-refractivity contribution in [3.8, 4) is 0 Å². The van der Waals surface area contributed by atoms with Gasteiger partial charge in [0.15, 0.2) is 0 Å². The van der Waals surface area contributed by atoms with E-state index in [0.29, 0.717) is 32.8 Å². The molecule has 0 aliphatic carbocycles. The number of hydrogen-bond acceptors (Lipinski definition) is 5. The maximum absolute atomic E-state index is 12.5. The van der Waals surface area contributed by atoms with Gasteiger partial charge in [0.25, 0.3) is 0 Å². The highest BCUT2D eigenvalue weighted by Gasteiger charge is 2.29. The summed E-state index contributed by atoms with van der Waals surface area (Å²) in [4.78, 5) is 27.4. The van der Waals surface area contributed by atoms with Crippen molar-refractivity contribution in [1.29, 1.82) is 0 Å². The molecule has 1 atom stereocenters. The molecule has 0 aromatic heterocycles. The standard InChI is InChI=1S/C16H22BrN3O5S/c1-3-25-16(22)20-10-8-19(9-11-20)15(21)12(2)18-26(23,24)14-6-4-13(17)5-7-14/h4-7,12,18H,3,8-11H2,1-2H3/t12-/m0/s1. The van der Waals surface area contributed by atoms with Gasteiger partial charge in [0, 0.05) is 30.7 Å². The second kappa shape index (κ2) is 8.83. The topological polar surface area (TPSA) is 96.0 Å². The SMILES string of the molecule is CCOC(=O)N1CCN(C(=O)[C@H](C)NS(=O)(=O)c2ccc(Br)cc2)CC1. The van der Waals surface area contributed by atoms with E-state index in [2.05, 4.69) is 20.7 Å². The number of hydrogen-bond donors (Lipinski definition) is 1. The zero-order valence-electron chi connectivity index (χ0n) is 14.6. The van der Waals surface area contributed by atoms with Crippen molar-refractivity contribution in [2.75, 3.05) is 32.8 Å². The number of benzene rings is 1. The summed E-state index contributed by atoms with van der Waals surface area (Å²) >= 11 is 3.25. The van der Waals surface area contributed by atoms with Gasteiger partial charge in [-0.25, -0.2) is 13.2 Å². The van der Waals surface area contributed by atoms with Crippen LogP contribution >= 0.6 is 15.9 Å². The summed E-state index contributed by atoms with van der Waals surface area (Å²) in [6.07, 6.45) is -0.399. The lowest BCUT2D eigenvalue weighted by Crippen LogP contribution is -2.55. The Balaban J connectivity index is 1.93. The molecule has 10 heteroatoms. The normalized spacial score (nSPS) is 16.3. The molecule has 0 bridgehead atoms. The van der Waals surface area contributed by atoms with Gasteiger partial charge in [-0.05, 0) is 38.1 Å². The molecule has 1 aromatic rings. The van der Waals surface area contributed by atoms with Gasteiger partial charge in [-0.2, -0.15) is 4.72 Å². The molecule has 26 heavy (non-hydrogen) atoms. The molecule has 2 rings (SSSR count). The van der Waals surface area contributed by atoms with Gasteiger partial charge < -0.3 is 14.5 Å². The van der Waals surface area contributed by atoms with Crippen LogP contribution in [0.5, 0.6) is 0 Å². The molecule has 1 fully saturated rings. The largest absolute Gasteiger partial charge is 0.450 e. The number of carbonyl (C=O) groups is 2. The van der Waals surface area contributed by atoms with Gasteiger partial charge in [0.1, 0.15) is 0 Å². The predicted octanol–water partition coefficient (Wildman–Crippen LogP) is 1.42. The average Bonchev–Trinajstić information content (AvgIpc) is 2.61. The molecule has 1 heterocycles. The molecule has 0 spiro atoms. The first-order valence-corrected chi connectivity index (χ1v) is 10.5. The van der Waals surface area contributed by atoms with Gasteiger partial charge in [-0.1, -0.05) is 15.9 Å². The van der Waals surface area contributed by atoms with Crippen molar-refractivity contribution in [2.24, 2.45) is 0 Å². The molecule has 1 aromatic carbocycles. The van der Waals surface area contributed by atoms with Crippen LogP contribution in [0.1, 0.15) is 13.8 Å². The first-order valence-electron chi connectivity index (χ1n) is 8.23. The second-order valence-corrected chi connectivity index (χ2v) is 8.44. The van der Waals surface area contributed by atoms with Crippen LogP contribution in [0, 0.1) is 0 Å². The third-order valence-electron chi connectivity index (χ3n) is 3.94. The van der Waals surface area contributed by atoms with Crippen LogP contribution in [0.3, 0.4) is 0 Å². The third-order valence-corrected chi connectivity index (χ3v) is 6.03. The number of nitrogens with one attached hydrogen (secondary N) is 1. The van der Waals surface area contributed by atoms with E-state index in [9.17, 15) is 18.0 Å². The first kappa shape index (κ1) is 20.7. The maximum Gasteiger partial charge on any atom is 0.409 e. The molecule has 1 aliphatic heterocycles. The molecule has 0 saturated carbocycles. The Labute approximate surface area is 161 Å². The number of amides is 2. The van der Waals surface area contributed by atoms with E-state index in [0.717, 1.165) is 4.47 Å². The molecule has 144 valence electrons. The smallest absolute Gasteiger partial charge is 0.409 e. The van der Waals surface area contributed by atoms with E-state index in [1.807, 2.05) is 0 Å². The Morgan fingerprint density at radius 2 is 1.69 bits per heavy atom. The zero-order valence-corrected chi connectivity index (χ0v) is 17.0. The van der Waals surface area contributed by atoms with Crippen molar-refractivity contribution in [2.45, 2.75) is 24.8 Å². The molecular weight excluding hydrogens is 426 g/mol. The van der Waals surface area contributed by atoms with Gasteiger partial charge in [-0.3, -0.25) is 4.79 Å². The van der Waals surface area contributed by atoms with E-state index in [4.69, 9.17) is 4.74 Å². The van der Waals surface area contributed by atoms with Crippen molar-refractivity contribution in [3.63, 3.8) is 0 Å². The Hall–Kier alpha value is -1.65. The minimum Gasteiger partial charge on any atom is -0.450 e. The fourth-order valence-corrected chi connectivity index (χ4v) is 4.02. The lowest BCUT2D eigenvalue weighted by molar-refractivity contribution is -0.134. The van der Waals surface area contributed by atoms with E-state index in [1.165, 1.54) is 24.0 Å². The molecular formula is C16H22BrN3O5S. The van der Waals surface area contributed by atoms with Gasteiger partial charge in [0.2, 0.25) is 15.9 Å². The average molecular weight is 448 g/mol. The van der Waals surface area contributed by atoms with Crippen LogP contribution < -0.4 is 4.72 Å². The van der Waals surface area contributed by atoms with Crippen molar-refractivity contribution >= 4 is 38.0 Å². The van der Waals surface area contributed by atoms with Crippen LogP contribution in [0.15, 0.2) is 33.6 Å². The molecule has 1 N–H and O–H groups in total. The number of halogens is 1. The molecule has 1 saturated heterocycles. The number of piperazine rings is 1. The predicted molar refractivity (Wildman–Crippen MR) is 99.1 cm³/mol. The van der Waals surface area contributed by atoms with Gasteiger partial charge in [0.05, 0.1) is 17.5 Å². The number of rotatable bonds is 5. The van der Waals surface area contributed by atoms with E-state index in [-0.39, 0.29) is 10.8 Å². The summed E-state index contributed by atoms with van der Waals surface area (Å²) < 4.78 is 32.9. The monoisotopic (exact) mass is 447 g/mol. The van der Waals surface area contributed by atoms with Crippen LogP contribution in [-0.4, -0.2) is 69.0 Å². The minimum atomic E-state index is -3.79. The lowest BCUT2D eigenvalue weighted by Gasteiger charge is -2.35. The first-order chi connectivity index (χ1) is 12.2. The number of sulfonamides is 1. The zero-order chi connectivity index (χ0) is 19.3. The Kier molecular flexibility index (Phi) is 7.01. The quantitative estimate of drug-likeness (QED) is 0.735. The molecule has 8 nitrogen and oxygen atoms in total. The Bertz CT molecular complexity index is 746. The van der Waals surface area contributed by atoms with E-state index in [1.54, 1.807) is 24.0 Å². The fourth-order valence-electron chi connectivity index (χ4n) is 2.56. The third kappa shape index (κ3) is 5.18. The number of carbonyl (C=O) groups excluding carboxylic acids is 2. The number of ether oxygens (including phenoxy) is 1. The Morgan fingerprint density at radius 1 is 1.15 bits per heavy atom. The molecule has 0 radical (unpaired) electrons. The molecule has 0 unspecified atom stereocenters. The van der Waals surface area contributed by atoms with Crippen LogP contribution in [0.2, 0.25) is 0 Å². The summed E-state index contributed by atoms with van der Waals surface area (Å²) in [5.41, 5.74) is 0. The second-order valence-electron chi connectivity index (χ2n) is 5.81.